The van der Waals surface area contributed by atoms with E-state index in [1.165, 1.54) is 18.7 Å². The zero-order chi connectivity index (χ0) is 26.7. The number of carbonyl (C=O) groups excluding carboxylic acids is 1. The third-order valence-corrected chi connectivity index (χ3v) is 6.59. The van der Waals surface area contributed by atoms with E-state index in [2.05, 4.69) is 10.4 Å². The van der Waals surface area contributed by atoms with Gasteiger partial charge in [0, 0.05) is 26.4 Å². The molecule has 14 heteroatoms. The highest BCUT2D eigenvalue weighted by atomic mass is 19.4. The van der Waals surface area contributed by atoms with E-state index < -0.39 is 48.5 Å². The summed E-state index contributed by atoms with van der Waals surface area (Å²) in [6.45, 7) is 0.474. The Morgan fingerprint density at radius 3 is 2.61 bits per heavy atom. The lowest BCUT2D eigenvalue weighted by Gasteiger charge is -2.31. The third-order valence-electron chi connectivity index (χ3n) is 6.59. The first kappa shape index (κ1) is 28.3. The molecule has 0 aromatic carbocycles. The van der Waals surface area contributed by atoms with E-state index in [-0.39, 0.29) is 49.7 Å². The highest BCUT2D eigenvalue weighted by Crippen LogP contribution is 2.37. The van der Waals surface area contributed by atoms with Crippen LogP contribution in [0, 0.1) is 11.9 Å². The monoisotopic (exact) mass is 527 g/mol. The minimum absolute atomic E-state index is 0.0668. The van der Waals surface area contributed by atoms with E-state index >= 15 is 0 Å². The number of nitrogens with two attached hydrogens (primary N) is 2. The van der Waals surface area contributed by atoms with Gasteiger partial charge >= 0.3 is 6.18 Å². The van der Waals surface area contributed by atoms with E-state index in [9.17, 15) is 31.1 Å². The molecule has 1 aliphatic heterocycles. The molecule has 1 fully saturated rings. The number of amides is 1. The summed E-state index contributed by atoms with van der Waals surface area (Å²) < 4.78 is 87.8. The van der Waals surface area contributed by atoms with Crippen molar-refractivity contribution in [2.45, 2.75) is 75.7 Å². The average molecular weight is 528 g/mol. The molecule has 1 aliphatic carbocycles. The number of quaternary nitrogens is 1. The minimum atomic E-state index is -4.48. The standard InChI is InChI=1S/C22H32F6N6O2/c1-13-4-3-5-16(34(31-13)12-22(26,27)28)17(11-36-2)33-10-15(19(23)32-33)30-20(35)18(29)14-6-8-21(24,25)9-7-14/h5,10,13-14,17-18,31H,3-4,6-9,11-12,29H2,1-2H3,(H,30,35)/p+1/t13?,17?,18-/m0/s1. The first-order valence-corrected chi connectivity index (χ1v) is 11.9. The van der Waals surface area contributed by atoms with Gasteiger partial charge in [-0.25, -0.2) is 19.2 Å². The molecule has 1 saturated carbocycles. The average Bonchev–Trinajstić information content (AvgIpc) is 3.03. The second-order valence-electron chi connectivity index (χ2n) is 9.57. The summed E-state index contributed by atoms with van der Waals surface area (Å²) >= 11 is 0. The van der Waals surface area contributed by atoms with Crippen molar-refractivity contribution < 1.29 is 41.3 Å². The SMILES string of the molecule is COCC(C1=CCCC(C)[NH2+]N1CC(F)(F)F)n1cc(NC(=O)[C@@H](N)C2CCC(F)(F)CC2)c(F)n1. The van der Waals surface area contributed by atoms with Crippen molar-refractivity contribution in [3.05, 3.63) is 23.9 Å². The number of nitrogens with zero attached hydrogens (tertiary/aromatic N) is 3. The molecule has 2 unspecified atom stereocenters. The quantitative estimate of drug-likeness (QED) is 0.357. The summed E-state index contributed by atoms with van der Waals surface area (Å²) in [5, 5.41) is 7.22. The fourth-order valence-corrected chi connectivity index (χ4v) is 4.66. The number of methoxy groups -OCH3 is 1. The Balaban J connectivity index is 1.79. The van der Waals surface area contributed by atoms with Crippen LogP contribution in [0.2, 0.25) is 0 Å². The van der Waals surface area contributed by atoms with Crippen molar-refractivity contribution >= 4 is 11.6 Å². The van der Waals surface area contributed by atoms with Crippen LogP contribution < -0.4 is 16.5 Å². The van der Waals surface area contributed by atoms with Gasteiger partial charge < -0.3 is 15.8 Å². The maximum Gasteiger partial charge on any atom is 0.411 e. The molecule has 1 amide bonds. The number of carbonyl (C=O) groups is 1. The van der Waals surface area contributed by atoms with Gasteiger partial charge in [-0.1, -0.05) is 6.08 Å². The van der Waals surface area contributed by atoms with Gasteiger partial charge in [-0.2, -0.15) is 17.6 Å². The van der Waals surface area contributed by atoms with E-state index in [1.807, 2.05) is 6.92 Å². The predicted molar refractivity (Wildman–Crippen MR) is 118 cm³/mol. The lowest BCUT2D eigenvalue weighted by molar-refractivity contribution is -0.822. The van der Waals surface area contributed by atoms with Gasteiger partial charge in [-0.3, -0.25) is 9.48 Å². The molecule has 2 aliphatic rings. The summed E-state index contributed by atoms with van der Waals surface area (Å²) in [5.74, 6) is -5.06. The van der Waals surface area contributed by atoms with E-state index in [0.717, 1.165) is 9.69 Å². The lowest BCUT2D eigenvalue weighted by Crippen LogP contribution is -2.97. The normalized spacial score (nSPS) is 23.1. The molecule has 0 saturated heterocycles. The molecular formula is C22H33F6N6O2+. The Hall–Kier alpha value is -2.32. The fourth-order valence-electron chi connectivity index (χ4n) is 4.66. The molecule has 3 atom stereocenters. The van der Waals surface area contributed by atoms with Crippen molar-refractivity contribution in [3.63, 3.8) is 0 Å². The maximum atomic E-state index is 14.7. The summed E-state index contributed by atoms with van der Waals surface area (Å²) in [6.07, 6.45) is -1.13. The van der Waals surface area contributed by atoms with Gasteiger partial charge in [0.15, 0.2) is 6.54 Å². The number of aromatic nitrogens is 2. The molecule has 0 radical (unpaired) electrons. The van der Waals surface area contributed by atoms with Gasteiger partial charge in [-0.15, -0.1) is 5.10 Å². The molecule has 0 bridgehead atoms. The fraction of sp³-hybridized carbons (Fsp3) is 0.727. The summed E-state index contributed by atoms with van der Waals surface area (Å²) in [6, 6.07) is -2.15. The number of alkyl halides is 5. The second-order valence-corrected chi connectivity index (χ2v) is 9.57. The zero-order valence-electron chi connectivity index (χ0n) is 20.2. The molecule has 1 aromatic heterocycles. The number of hydrogen-bond donors (Lipinski definition) is 3. The van der Waals surface area contributed by atoms with Crippen LogP contribution in [0.25, 0.3) is 0 Å². The first-order chi connectivity index (χ1) is 16.8. The van der Waals surface area contributed by atoms with Crippen LogP contribution in [0.3, 0.4) is 0 Å². The Bertz CT molecular complexity index is 927. The number of halogens is 6. The molecule has 8 nitrogen and oxygen atoms in total. The number of hydrogen-bond acceptors (Lipinski definition) is 5. The Morgan fingerprint density at radius 1 is 1.33 bits per heavy atom. The molecule has 3 rings (SSSR count). The minimum Gasteiger partial charge on any atom is -0.382 e. The molecule has 0 spiro atoms. The van der Waals surface area contributed by atoms with E-state index in [4.69, 9.17) is 10.5 Å². The molecule has 1 aromatic rings. The highest BCUT2D eigenvalue weighted by molar-refractivity contribution is 5.94. The zero-order valence-corrected chi connectivity index (χ0v) is 20.2. The number of anilines is 1. The number of allylic oxidation sites excluding steroid dienone is 1. The van der Waals surface area contributed by atoms with Crippen LogP contribution in [-0.2, 0) is 9.53 Å². The Labute approximate surface area is 205 Å². The van der Waals surface area contributed by atoms with Gasteiger partial charge in [0.05, 0.1) is 24.5 Å². The molecule has 36 heavy (non-hydrogen) atoms. The maximum absolute atomic E-state index is 14.7. The summed E-state index contributed by atoms with van der Waals surface area (Å²) in [5.41, 5.74) is 7.39. The molecule has 2 heterocycles. The van der Waals surface area contributed by atoms with E-state index in [0.29, 0.717) is 12.8 Å². The van der Waals surface area contributed by atoms with Crippen LogP contribution in [0.4, 0.5) is 32.0 Å². The lowest BCUT2D eigenvalue weighted by atomic mass is 9.82. The first-order valence-electron chi connectivity index (χ1n) is 11.9. The van der Waals surface area contributed by atoms with Crippen molar-refractivity contribution in [3.8, 4) is 0 Å². The number of ether oxygens (including phenoxy) is 1. The van der Waals surface area contributed by atoms with Crippen LogP contribution >= 0.6 is 0 Å². The topological polar surface area (TPSA) is 102 Å². The summed E-state index contributed by atoms with van der Waals surface area (Å²) in [7, 11) is 1.36. The van der Waals surface area contributed by atoms with Crippen molar-refractivity contribution in [2.24, 2.45) is 11.7 Å². The second kappa shape index (κ2) is 11.4. The highest BCUT2D eigenvalue weighted by Gasteiger charge is 2.40. The Morgan fingerprint density at radius 2 is 2.00 bits per heavy atom. The van der Waals surface area contributed by atoms with Gasteiger partial charge in [0.2, 0.25) is 11.8 Å². The van der Waals surface area contributed by atoms with Crippen LogP contribution in [-0.4, -0.2) is 65.1 Å². The van der Waals surface area contributed by atoms with Crippen molar-refractivity contribution in [1.82, 2.24) is 14.8 Å². The van der Waals surface area contributed by atoms with Gasteiger partial charge in [0.25, 0.3) is 5.95 Å². The number of nitrogens with one attached hydrogen (secondary N) is 1. The molecule has 5 N–H and O–H groups in total. The third kappa shape index (κ3) is 7.35. The smallest absolute Gasteiger partial charge is 0.382 e. The van der Waals surface area contributed by atoms with E-state index in [1.54, 1.807) is 6.08 Å². The van der Waals surface area contributed by atoms with Crippen molar-refractivity contribution in [2.75, 3.05) is 25.6 Å². The molecule has 204 valence electrons. The molecular weight excluding hydrogens is 494 g/mol. The largest absolute Gasteiger partial charge is 0.411 e. The van der Waals surface area contributed by atoms with Gasteiger partial charge in [0.1, 0.15) is 17.8 Å². The van der Waals surface area contributed by atoms with Gasteiger partial charge in [-0.05, 0) is 32.1 Å². The van der Waals surface area contributed by atoms with Crippen LogP contribution in [0.1, 0.15) is 51.5 Å². The van der Waals surface area contributed by atoms with Crippen molar-refractivity contribution in [1.29, 1.82) is 0 Å². The van der Waals surface area contributed by atoms with Crippen LogP contribution in [0.15, 0.2) is 18.0 Å². The predicted octanol–water partition coefficient (Wildman–Crippen LogP) is 2.71. The van der Waals surface area contributed by atoms with Crippen LogP contribution in [0.5, 0.6) is 0 Å². The number of rotatable bonds is 8. The summed E-state index contributed by atoms with van der Waals surface area (Å²) in [4.78, 5) is 12.6. The Kier molecular flexibility index (Phi) is 8.93.